The number of halogens is 3. The monoisotopic (exact) mass is 787 g/mol. The van der Waals surface area contributed by atoms with Gasteiger partial charge < -0.3 is 62.2 Å². The normalized spacial score (nSPS) is 33.6. The zero-order chi connectivity index (χ0) is 40.6. The number of nitrogens with one attached hydrogen (secondary N) is 1. The second-order valence-electron chi connectivity index (χ2n) is 13.7. The zero-order valence-corrected chi connectivity index (χ0v) is 30.9. The Balaban J connectivity index is 1.82. The Labute approximate surface area is 306 Å². The van der Waals surface area contributed by atoms with Crippen LogP contribution in [-0.2, 0) is 85.6 Å². The van der Waals surface area contributed by atoms with Crippen LogP contribution in [0.4, 0.5) is 13.2 Å². The number of methoxy groups -OCH3 is 1. The summed E-state index contributed by atoms with van der Waals surface area (Å²) in [5, 5.41) is 1.66. The lowest BCUT2D eigenvalue weighted by molar-refractivity contribution is -0.328. The van der Waals surface area contributed by atoms with Gasteiger partial charge in [-0.15, -0.1) is 0 Å². The lowest BCUT2D eigenvalue weighted by Crippen LogP contribution is -2.70. The fourth-order valence-corrected chi connectivity index (χ4v) is 6.59. The van der Waals surface area contributed by atoms with E-state index in [1.54, 1.807) is 33.0 Å². The molecule has 4 rings (SSSR count). The molecule has 0 saturated carbocycles. The van der Waals surface area contributed by atoms with Gasteiger partial charge >= 0.3 is 41.9 Å². The molecule has 0 aromatic rings. The molecule has 19 nitrogen and oxygen atoms in total. The van der Waals surface area contributed by atoms with Crippen LogP contribution < -0.4 is 5.32 Å². The molecule has 4 aliphatic rings. The standard InChI is InChI=1S/C32H44F3NO18/c1-13(37)44-11-18(47-15(3)39)21(48-16(4)40)23-20(36-27(41)32(33,34)35)17(46-14(2)38)10-31(53-23,28(42)43-9)45-12-19-22-24(51-29(5,6)50-22)25-26(49-19)54-30(7,8)52-25/h17-26H,10-12H2,1-9H3,(H,36,41)/t17-,18+,19+,20+,21-,22-,23+,24-,25+,26+,31+/m0/s1. The molecular weight excluding hydrogens is 743 g/mol. The molecule has 1 amide bonds. The smallest absolute Gasteiger partial charge is 0.465 e. The van der Waals surface area contributed by atoms with Gasteiger partial charge in [0.05, 0.1) is 26.2 Å². The minimum absolute atomic E-state index is 0.624. The third-order valence-electron chi connectivity index (χ3n) is 8.41. The number of amides is 1. The van der Waals surface area contributed by atoms with Gasteiger partial charge in [0.2, 0.25) is 0 Å². The van der Waals surface area contributed by atoms with Crippen molar-refractivity contribution >= 4 is 35.8 Å². The van der Waals surface area contributed by atoms with Gasteiger partial charge in [-0.25, -0.2) is 4.79 Å². The minimum Gasteiger partial charge on any atom is -0.465 e. The van der Waals surface area contributed by atoms with Crippen molar-refractivity contribution < 1.29 is 98.8 Å². The van der Waals surface area contributed by atoms with E-state index in [0.717, 1.165) is 34.8 Å². The number of ether oxygens (including phenoxy) is 12. The summed E-state index contributed by atoms with van der Waals surface area (Å²) in [6, 6.07) is -2.11. The van der Waals surface area contributed by atoms with Crippen molar-refractivity contribution in [3.8, 4) is 0 Å². The molecule has 0 radical (unpaired) electrons. The van der Waals surface area contributed by atoms with Crippen LogP contribution in [0, 0.1) is 0 Å². The van der Waals surface area contributed by atoms with E-state index in [-0.39, 0.29) is 0 Å². The van der Waals surface area contributed by atoms with E-state index in [1.165, 1.54) is 0 Å². The van der Waals surface area contributed by atoms with Gasteiger partial charge in [-0.2, -0.15) is 13.2 Å². The first-order valence-electron chi connectivity index (χ1n) is 16.7. The molecule has 4 aliphatic heterocycles. The highest BCUT2D eigenvalue weighted by Gasteiger charge is 2.63. The molecule has 0 bridgehead atoms. The van der Waals surface area contributed by atoms with Gasteiger partial charge in [0.15, 0.2) is 30.1 Å². The van der Waals surface area contributed by atoms with Gasteiger partial charge in [0, 0.05) is 27.7 Å². The first-order valence-corrected chi connectivity index (χ1v) is 16.7. The summed E-state index contributed by atoms with van der Waals surface area (Å²) in [7, 11) is 0.913. The van der Waals surface area contributed by atoms with Gasteiger partial charge in [0.1, 0.15) is 43.2 Å². The van der Waals surface area contributed by atoms with Crippen molar-refractivity contribution in [2.24, 2.45) is 0 Å². The Morgan fingerprint density at radius 3 is 1.94 bits per heavy atom. The maximum atomic E-state index is 13.7. The Bertz CT molecular complexity index is 1460. The molecule has 0 aliphatic carbocycles. The van der Waals surface area contributed by atoms with Crippen LogP contribution in [0.5, 0.6) is 0 Å². The van der Waals surface area contributed by atoms with Gasteiger partial charge in [0.25, 0.3) is 5.79 Å². The fraction of sp³-hybridized carbons (Fsp3) is 0.812. The van der Waals surface area contributed by atoms with E-state index in [0.29, 0.717) is 0 Å². The Morgan fingerprint density at radius 1 is 0.796 bits per heavy atom. The molecular formula is C32H44F3NO18. The lowest BCUT2D eigenvalue weighted by Gasteiger charge is -2.49. The lowest BCUT2D eigenvalue weighted by atomic mass is 9.87. The summed E-state index contributed by atoms with van der Waals surface area (Å²) >= 11 is 0. The number of esters is 5. The highest BCUT2D eigenvalue weighted by molar-refractivity contribution is 5.82. The topological polar surface area (TPSA) is 225 Å². The maximum Gasteiger partial charge on any atom is 0.471 e. The molecule has 4 heterocycles. The summed E-state index contributed by atoms with van der Waals surface area (Å²) in [6.07, 6.45) is -19.2. The highest BCUT2D eigenvalue weighted by Crippen LogP contribution is 2.45. The largest absolute Gasteiger partial charge is 0.471 e. The Kier molecular flexibility index (Phi) is 12.9. The van der Waals surface area contributed by atoms with Crippen molar-refractivity contribution in [2.45, 2.75) is 147 Å². The van der Waals surface area contributed by atoms with Crippen LogP contribution >= 0.6 is 0 Å². The van der Waals surface area contributed by atoms with Crippen molar-refractivity contribution in [1.82, 2.24) is 5.32 Å². The number of carbonyl (C=O) groups is 6. The molecule has 306 valence electrons. The third kappa shape index (κ3) is 10.1. The minimum atomic E-state index is -5.52. The zero-order valence-electron chi connectivity index (χ0n) is 30.9. The van der Waals surface area contributed by atoms with E-state index in [9.17, 15) is 41.9 Å². The molecule has 22 heteroatoms. The average molecular weight is 788 g/mol. The molecule has 0 unspecified atom stereocenters. The number of carbonyl (C=O) groups excluding carboxylic acids is 6. The van der Waals surface area contributed by atoms with Crippen LogP contribution in [0.1, 0.15) is 61.8 Å². The Hall–Kier alpha value is -3.67. The van der Waals surface area contributed by atoms with Gasteiger partial charge in [-0.05, 0) is 27.7 Å². The third-order valence-corrected chi connectivity index (χ3v) is 8.41. The average Bonchev–Trinajstić information content (AvgIpc) is 3.53. The second-order valence-corrected chi connectivity index (χ2v) is 13.7. The van der Waals surface area contributed by atoms with Crippen molar-refractivity contribution in [3.05, 3.63) is 0 Å². The molecule has 4 fully saturated rings. The van der Waals surface area contributed by atoms with Crippen LogP contribution in [0.25, 0.3) is 0 Å². The van der Waals surface area contributed by atoms with Crippen LogP contribution in [0.2, 0.25) is 0 Å². The Morgan fingerprint density at radius 2 is 1.39 bits per heavy atom. The predicted octanol–water partition coefficient (Wildman–Crippen LogP) is 0.463. The SMILES string of the molecule is COC(=O)[C@@]1(OC[C@H]2O[C@@H]3OC(C)(C)O[C@@H]3[C@H]3OC(C)(C)O[C@H]32)C[C@H](OC(C)=O)[C@@H](NC(=O)C(F)(F)F)[C@H]([C@@H](OC(C)=O)[C@@H](COC(C)=O)OC(C)=O)O1. The molecule has 0 aromatic heterocycles. The highest BCUT2D eigenvalue weighted by atomic mass is 19.4. The van der Waals surface area contributed by atoms with Crippen LogP contribution in [-0.4, -0.2) is 141 Å². The summed E-state index contributed by atoms with van der Waals surface area (Å²) in [5.41, 5.74) is 0. The first-order chi connectivity index (χ1) is 24.9. The second kappa shape index (κ2) is 16.2. The van der Waals surface area contributed by atoms with Crippen molar-refractivity contribution in [2.75, 3.05) is 20.3 Å². The quantitative estimate of drug-likeness (QED) is 0.209. The molecule has 0 aromatic carbocycles. The summed E-state index contributed by atoms with van der Waals surface area (Å²) in [4.78, 5) is 75.0. The van der Waals surface area contributed by atoms with Crippen molar-refractivity contribution in [3.63, 3.8) is 0 Å². The fourth-order valence-electron chi connectivity index (χ4n) is 6.59. The molecule has 4 saturated heterocycles. The summed E-state index contributed by atoms with van der Waals surface area (Å²) in [6.45, 7) is 8.71. The number of hydrogen-bond donors (Lipinski definition) is 1. The van der Waals surface area contributed by atoms with E-state index < -0.39 is 140 Å². The number of alkyl halides is 3. The predicted molar refractivity (Wildman–Crippen MR) is 164 cm³/mol. The first kappa shape index (κ1) is 43.1. The number of hydrogen-bond acceptors (Lipinski definition) is 18. The molecule has 1 N–H and O–H groups in total. The van der Waals surface area contributed by atoms with Gasteiger partial charge in [-0.3, -0.25) is 24.0 Å². The van der Waals surface area contributed by atoms with E-state index in [2.05, 4.69) is 0 Å². The molecule has 54 heavy (non-hydrogen) atoms. The number of rotatable bonds is 12. The summed E-state index contributed by atoms with van der Waals surface area (Å²) in [5.74, 6) is -13.1. The number of fused-ring (bicyclic) bond motifs is 3. The van der Waals surface area contributed by atoms with Crippen LogP contribution in [0.3, 0.4) is 0 Å². The van der Waals surface area contributed by atoms with E-state index >= 15 is 0 Å². The van der Waals surface area contributed by atoms with E-state index in [1.807, 2.05) is 0 Å². The van der Waals surface area contributed by atoms with Crippen LogP contribution in [0.15, 0.2) is 0 Å². The van der Waals surface area contributed by atoms with Gasteiger partial charge in [-0.1, -0.05) is 0 Å². The molecule has 0 spiro atoms. The molecule has 11 atom stereocenters. The van der Waals surface area contributed by atoms with E-state index in [4.69, 9.17) is 56.8 Å². The van der Waals surface area contributed by atoms with Crippen molar-refractivity contribution in [1.29, 1.82) is 0 Å². The summed E-state index contributed by atoms with van der Waals surface area (Å²) < 4.78 is 109. The maximum absolute atomic E-state index is 13.7.